The summed E-state index contributed by atoms with van der Waals surface area (Å²) in [6, 6.07) is 3.77. The van der Waals surface area contributed by atoms with Gasteiger partial charge in [-0.2, -0.15) is 0 Å². The highest BCUT2D eigenvalue weighted by Gasteiger charge is 2.30. The largest absolute Gasteiger partial charge is 0.456 e. The van der Waals surface area contributed by atoms with Crippen molar-refractivity contribution in [3.63, 3.8) is 0 Å². The molecule has 1 aromatic rings. The Morgan fingerprint density at radius 1 is 1.21 bits per heavy atom. The van der Waals surface area contributed by atoms with Crippen LogP contribution in [0.25, 0.3) is 0 Å². The van der Waals surface area contributed by atoms with E-state index < -0.39 is 29.9 Å². The summed E-state index contributed by atoms with van der Waals surface area (Å²) in [6.07, 6.45) is 5.67. The van der Waals surface area contributed by atoms with Crippen molar-refractivity contribution in [2.24, 2.45) is 5.92 Å². The van der Waals surface area contributed by atoms with Crippen LogP contribution >= 0.6 is 11.8 Å². The van der Waals surface area contributed by atoms with Crippen molar-refractivity contribution in [1.82, 2.24) is 20.9 Å². The monoisotopic (exact) mass is 544 g/mol. The molecule has 1 aromatic heterocycles. The van der Waals surface area contributed by atoms with E-state index in [1.165, 1.54) is 23.9 Å². The smallest absolute Gasteiger partial charge is 0.329 e. The fraction of sp³-hybridized carbons (Fsp3) is 0.481. The van der Waals surface area contributed by atoms with Gasteiger partial charge in [0.1, 0.15) is 23.5 Å². The van der Waals surface area contributed by atoms with Crippen LogP contribution in [0.15, 0.2) is 42.1 Å². The molecule has 2 atom stereocenters. The van der Waals surface area contributed by atoms with Gasteiger partial charge in [-0.1, -0.05) is 50.8 Å². The Kier molecular flexibility index (Phi) is 12.7. The van der Waals surface area contributed by atoms with Crippen LogP contribution in [0.1, 0.15) is 69.6 Å². The van der Waals surface area contributed by atoms with Crippen molar-refractivity contribution in [2.75, 3.05) is 5.75 Å². The Morgan fingerprint density at radius 3 is 2.66 bits per heavy atom. The van der Waals surface area contributed by atoms with Gasteiger partial charge < -0.3 is 20.7 Å². The SMILES string of the molecule is C/C=C1\NC(=O)c2cccc(n2)CNC(=O)C[C@@H](/C=C/CCSC(=O)CCC)OC(=O)[C@H](C(C)C)NC1=O. The quantitative estimate of drug-likeness (QED) is 0.206. The molecule has 1 aliphatic rings. The second-order valence-electron chi connectivity index (χ2n) is 9.01. The fourth-order valence-electron chi connectivity index (χ4n) is 3.45. The number of ether oxygens (including phenoxy) is 1. The molecule has 10 nitrogen and oxygen atoms in total. The zero-order chi connectivity index (χ0) is 28.1. The number of hydrogen-bond acceptors (Lipinski definition) is 8. The number of hydrogen-bond donors (Lipinski definition) is 3. The van der Waals surface area contributed by atoms with Crippen LogP contribution in [-0.4, -0.2) is 51.7 Å². The second kappa shape index (κ2) is 15.7. The molecule has 3 N–H and O–H groups in total. The number of nitrogens with one attached hydrogen (secondary N) is 3. The van der Waals surface area contributed by atoms with Crippen molar-refractivity contribution in [2.45, 2.75) is 72.1 Å². The van der Waals surface area contributed by atoms with E-state index in [0.717, 1.165) is 6.42 Å². The summed E-state index contributed by atoms with van der Waals surface area (Å²) in [6.45, 7) is 7.09. The van der Waals surface area contributed by atoms with Crippen LogP contribution in [-0.2, 0) is 30.5 Å². The first-order valence-corrected chi connectivity index (χ1v) is 13.7. The van der Waals surface area contributed by atoms with E-state index in [-0.39, 0.29) is 41.3 Å². The third-order valence-electron chi connectivity index (χ3n) is 5.50. The summed E-state index contributed by atoms with van der Waals surface area (Å²) >= 11 is 1.25. The molecule has 2 heterocycles. The van der Waals surface area contributed by atoms with Gasteiger partial charge in [0.25, 0.3) is 11.8 Å². The summed E-state index contributed by atoms with van der Waals surface area (Å²) in [7, 11) is 0. The van der Waals surface area contributed by atoms with E-state index in [2.05, 4.69) is 20.9 Å². The summed E-state index contributed by atoms with van der Waals surface area (Å²) < 4.78 is 5.65. The van der Waals surface area contributed by atoms with E-state index in [9.17, 15) is 24.0 Å². The van der Waals surface area contributed by atoms with Crippen molar-refractivity contribution in [3.8, 4) is 0 Å². The molecule has 0 saturated carbocycles. The molecule has 0 fully saturated rings. The van der Waals surface area contributed by atoms with Gasteiger partial charge in [0.15, 0.2) is 5.12 Å². The van der Waals surface area contributed by atoms with E-state index in [4.69, 9.17) is 4.74 Å². The molecule has 0 aromatic carbocycles. The zero-order valence-corrected chi connectivity index (χ0v) is 23.1. The lowest BCUT2D eigenvalue weighted by atomic mass is 10.0. The lowest BCUT2D eigenvalue weighted by molar-refractivity contribution is -0.153. The van der Waals surface area contributed by atoms with Crippen LogP contribution in [0.4, 0.5) is 0 Å². The maximum Gasteiger partial charge on any atom is 0.329 e. The van der Waals surface area contributed by atoms with Crippen molar-refractivity contribution >= 4 is 40.6 Å². The molecule has 1 aliphatic heterocycles. The van der Waals surface area contributed by atoms with Gasteiger partial charge in [-0.3, -0.25) is 19.2 Å². The number of pyridine rings is 1. The van der Waals surface area contributed by atoms with Crippen molar-refractivity contribution in [1.29, 1.82) is 0 Å². The van der Waals surface area contributed by atoms with Gasteiger partial charge in [0, 0.05) is 12.2 Å². The highest BCUT2D eigenvalue weighted by Crippen LogP contribution is 2.13. The normalized spacial score (nSPS) is 20.7. The minimum absolute atomic E-state index is 0.0346. The number of carbonyl (C=O) groups excluding carboxylic acids is 5. The number of amides is 3. The van der Waals surface area contributed by atoms with Gasteiger partial charge in [0.05, 0.1) is 18.7 Å². The van der Waals surface area contributed by atoms with Crippen LogP contribution in [0.3, 0.4) is 0 Å². The van der Waals surface area contributed by atoms with Gasteiger partial charge in [0.2, 0.25) is 5.91 Å². The molecule has 3 amide bonds. The van der Waals surface area contributed by atoms with Crippen LogP contribution < -0.4 is 16.0 Å². The molecular formula is C27H36N4O6S. The number of fused-ring (bicyclic) bond motifs is 2. The Labute approximate surface area is 227 Å². The highest BCUT2D eigenvalue weighted by molar-refractivity contribution is 8.13. The summed E-state index contributed by atoms with van der Waals surface area (Å²) in [5, 5.41) is 8.01. The second-order valence-corrected chi connectivity index (χ2v) is 10.2. The first kappa shape index (κ1) is 30.8. The van der Waals surface area contributed by atoms with E-state index in [1.54, 1.807) is 45.1 Å². The lowest BCUT2D eigenvalue weighted by Crippen LogP contribution is -2.48. The number of cyclic esters (lactones) is 1. The number of rotatable bonds is 7. The molecule has 206 valence electrons. The maximum atomic E-state index is 13.1. The van der Waals surface area contributed by atoms with Crippen molar-refractivity contribution < 1.29 is 28.7 Å². The number of esters is 1. The Hall–Kier alpha value is -3.47. The van der Waals surface area contributed by atoms with Gasteiger partial charge in [-0.05, 0) is 43.9 Å². The number of carbonyl (C=O) groups is 5. The van der Waals surface area contributed by atoms with Crippen LogP contribution in [0.5, 0.6) is 0 Å². The highest BCUT2D eigenvalue weighted by atomic mass is 32.2. The standard InChI is InChI=1S/C27H36N4O6S/c1-5-10-23(33)38-14-8-7-12-19-15-22(32)28-16-18-11-9-13-21(29-18)26(35)30-20(6-2)25(34)31-24(17(3)4)27(36)37-19/h6-7,9,11-13,17,19,24H,5,8,10,14-16H2,1-4H3,(H,28,32)(H,30,35)(H,31,34)/b12-7+,20-6-/t19-,24+/m1/s1. The molecular weight excluding hydrogens is 508 g/mol. The third-order valence-corrected chi connectivity index (χ3v) is 6.47. The number of nitrogens with zero attached hydrogens (tertiary/aromatic N) is 1. The summed E-state index contributed by atoms with van der Waals surface area (Å²) in [5.74, 6) is -2.10. The average molecular weight is 545 g/mol. The molecule has 0 spiro atoms. The topological polar surface area (TPSA) is 144 Å². The minimum atomic E-state index is -1.02. The fourth-order valence-corrected chi connectivity index (χ4v) is 4.28. The zero-order valence-electron chi connectivity index (χ0n) is 22.2. The molecule has 0 aliphatic carbocycles. The van der Waals surface area contributed by atoms with E-state index in [1.807, 2.05) is 6.92 Å². The molecule has 0 saturated heterocycles. The predicted octanol–water partition coefficient (Wildman–Crippen LogP) is 2.79. The maximum absolute atomic E-state index is 13.1. The van der Waals surface area contributed by atoms with Crippen LogP contribution in [0.2, 0.25) is 0 Å². The van der Waals surface area contributed by atoms with Gasteiger partial charge in [-0.25, -0.2) is 9.78 Å². The minimum Gasteiger partial charge on any atom is -0.456 e. The van der Waals surface area contributed by atoms with E-state index in [0.29, 0.717) is 24.3 Å². The Balaban J connectivity index is 2.28. The summed E-state index contributed by atoms with van der Waals surface area (Å²) in [4.78, 5) is 67.4. The van der Waals surface area contributed by atoms with E-state index >= 15 is 0 Å². The molecule has 0 unspecified atom stereocenters. The van der Waals surface area contributed by atoms with Crippen molar-refractivity contribution in [3.05, 3.63) is 53.5 Å². The number of aromatic nitrogens is 1. The molecule has 2 bridgehead atoms. The molecule has 0 radical (unpaired) electrons. The number of allylic oxidation sites excluding steroid dienone is 2. The average Bonchev–Trinajstić information content (AvgIpc) is 2.88. The molecule has 38 heavy (non-hydrogen) atoms. The predicted molar refractivity (Wildman–Crippen MR) is 145 cm³/mol. The number of thioether (sulfide) groups is 1. The summed E-state index contributed by atoms with van der Waals surface area (Å²) in [5.41, 5.74) is 0.488. The Bertz CT molecular complexity index is 1090. The Morgan fingerprint density at radius 2 is 1.97 bits per heavy atom. The van der Waals surface area contributed by atoms with Gasteiger partial charge in [-0.15, -0.1) is 0 Å². The molecule has 11 heteroatoms. The first-order valence-electron chi connectivity index (χ1n) is 12.7. The lowest BCUT2D eigenvalue weighted by Gasteiger charge is -2.24. The van der Waals surface area contributed by atoms with Crippen LogP contribution in [0, 0.1) is 5.92 Å². The third kappa shape index (κ3) is 10.1. The molecule has 2 rings (SSSR count). The van der Waals surface area contributed by atoms with Gasteiger partial charge >= 0.3 is 5.97 Å². The first-order chi connectivity index (χ1) is 18.1.